The van der Waals surface area contributed by atoms with Gasteiger partial charge in [-0.3, -0.25) is 4.79 Å². The van der Waals surface area contributed by atoms with E-state index in [1.807, 2.05) is 0 Å². The average molecular weight is 304 g/mol. The second kappa shape index (κ2) is 5.65. The van der Waals surface area contributed by atoms with E-state index in [-0.39, 0.29) is 6.61 Å². The van der Waals surface area contributed by atoms with E-state index in [0.29, 0.717) is 6.92 Å². The van der Waals surface area contributed by atoms with Crippen LogP contribution in [0, 0.1) is 0 Å². The Hall–Kier alpha value is -1.22. The van der Waals surface area contributed by atoms with Crippen LogP contribution in [0.3, 0.4) is 0 Å². The van der Waals surface area contributed by atoms with E-state index in [4.69, 9.17) is 4.74 Å². The van der Waals surface area contributed by atoms with Crippen LogP contribution in [-0.4, -0.2) is 43.2 Å². The van der Waals surface area contributed by atoms with Gasteiger partial charge in [-0.2, -0.15) is 22.0 Å². The van der Waals surface area contributed by atoms with E-state index in [0.717, 1.165) is 0 Å². The fraction of sp³-hybridized carbons (Fsp3) is 0.727. The summed E-state index contributed by atoms with van der Waals surface area (Å²) in [5.41, 5.74) is 0. The van der Waals surface area contributed by atoms with E-state index < -0.39 is 43.0 Å². The Morgan fingerprint density at radius 3 is 2.55 bits per heavy atom. The Balaban J connectivity index is 2.98. The van der Waals surface area contributed by atoms with Crippen LogP contribution >= 0.6 is 0 Å². The predicted molar refractivity (Wildman–Crippen MR) is 56.0 cm³/mol. The molecule has 0 aromatic heterocycles. The van der Waals surface area contributed by atoms with Gasteiger partial charge in [0.15, 0.2) is 0 Å². The van der Waals surface area contributed by atoms with Gasteiger partial charge >= 0.3 is 23.9 Å². The molecule has 0 bridgehead atoms. The van der Waals surface area contributed by atoms with Crippen molar-refractivity contribution in [3.8, 4) is 0 Å². The molecule has 1 aliphatic rings. The summed E-state index contributed by atoms with van der Waals surface area (Å²) in [5, 5.41) is 0. The molecule has 0 N–H and O–H groups in total. The van der Waals surface area contributed by atoms with Crippen LogP contribution in [-0.2, 0) is 19.0 Å². The van der Waals surface area contributed by atoms with Gasteiger partial charge in [-0.25, -0.2) is 0 Å². The summed E-state index contributed by atoms with van der Waals surface area (Å²) in [6.07, 6.45) is -7.09. The third-order valence-electron chi connectivity index (χ3n) is 2.50. The van der Waals surface area contributed by atoms with Gasteiger partial charge in [0, 0.05) is 13.3 Å². The largest absolute Gasteiger partial charge is 0.462 e. The van der Waals surface area contributed by atoms with Crippen molar-refractivity contribution in [3.63, 3.8) is 0 Å². The number of rotatable bonds is 5. The monoisotopic (exact) mass is 304 g/mol. The number of esters is 1. The summed E-state index contributed by atoms with van der Waals surface area (Å²) >= 11 is 0. The summed E-state index contributed by atoms with van der Waals surface area (Å²) in [7, 11) is 0. The van der Waals surface area contributed by atoms with Crippen LogP contribution in [0.25, 0.3) is 0 Å². The Labute approximate surface area is 111 Å². The molecule has 4 nitrogen and oxygen atoms in total. The average Bonchev–Trinajstić information content (AvgIpc) is 2.49. The molecule has 0 radical (unpaired) electrons. The topological polar surface area (TPSA) is 44.8 Å². The molecule has 2 atom stereocenters. The highest BCUT2D eigenvalue weighted by molar-refractivity contribution is 5.66. The van der Waals surface area contributed by atoms with E-state index in [9.17, 15) is 26.7 Å². The zero-order valence-corrected chi connectivity index (χ0v) is 10.5. The van der Waals surface area contributed by atoms with Gasteiger partial charge in [0.2, 0.25) is 0 Å². The van der Waals surface area contributed by atoms with Gasteiger partial charge in [-0.15, -0.1) is 6.58 Å². The van der Waals surface area contributed by atoms with Gasteiger partial charge < -0.3 is 14.2 Å². The molecule has 0 spiro atoms. The summed E-state index contributed by atoms with van der Waals surface area (Å²) in [5.74, 6) is -10.2. The molecule has 1 saturated heterocycles. The highest BCUT2D eigenvalue weighted by atomic mass is 19.4. The number of alkyl halides is 5. The van der Waals surface area contributed by atoms with Crippen molar-refractivity contribution in [2.24, 2.45) is 0 Å². The second-order valence-electron chi connectivity index (χ2n) is 4.18. The third-order valence-corrected chi connectivity index (χ3v) is 2.50. The Morgan fingerprint density at radius 2 is 2.10 bits per heavy atom. The molecule has 1 fully saturated rings. The minimum atomic E-state index is -5.57. The molecule has 1 rings (SSSR count). The Morgan fingerprint density at radius 1 is 1.50 bits per heavy atom. The van der Waals surface area contributed by atoms with E-state index in [1.165, 1.54) is 6.08 Å². The molecule has 0 aliphatic carbocycles. The van der Waals surface area contributed by atoms with Crippen molar-refractivity contribution >= 4 is 5.97 Å². The fourth-order valence-electron chi connectivity index (χ4n) is 1.79. The maximum Gasteiger partial charge on any atom is 0.462 e. The second-order valence-corrected chi connectivity index (χ2v) is 4.18. The first-order valence-electron chi connectivity index (χ1n) is 5.56. The van der Waals surface area contributed by atoms with Gasteiger partial charge in [0.1, 0.15) is 0 Å². The van der Waals surface area contributed by atoms with Crippen LogP contribution in [0.15, 0.2) is 12.7 Å². The van der Waals surface area contributed by atoms with Crippen molar-refractivity contribution in [1.82, 2.24) is 0 Å². The zero-order chi connectivity index (χ0) is 15.6. The van der Waals surface area contributed by atoms with E-state index in [1.54, 1.807) is 0 Å². The Kier molecular flexibility index (Phi) is 4.75. The molecule has 0 amide bonds. The smallest absolute Gasteiger partial charge is 0.418 e. The number of carbonyl (C=O) groups excluding carboxylic acids is 1. The first-order chi connectivity index (χ1) is 9.06. The maximum absolute atomic E-state index is 13.7. The number of halogens is 5. The van der Waals surface area contributed by atoms with Crippen LogP contribution in [0.1, 0.15) is 13.3 Å². The molecule has 1 aliphatic heterocycles. The number of hydrogen-bond donors (Lipinski definition) is 0. The lowest BCUT2D eigenvalue weighted by atomic mass is 10.1. The van der Waals surface area contributed by atoms with Crippen LogP contribution in [0.2, 0.25) is 0 Å². The minimum Gasteiger partial charge on any atom is -0.418 e. The molecule has 116 valence electrons. The van der Waals surface area contributed by atoms with Crippen LogP contribution < -0.4 is 0 Å². The molecule has 1 heterocycles. The van der Waals surface area contributed by atoms with Crippen LogP contribution in [0.5, 0.6) is 0 Å². The maximum atomic E-state index is 13.7. The van der Waals surface area contributed by atoms with Gasteiger partial charge in [-0.05, 0) is 0 Å². The summed E-state index contributed by atoms with van der Waals surface area (Å²) in [6.45, 7) is 3.36. The van der Waals surface area contributed by atoms with E-state index in [2.05, 4.69) is 16.1 Å². The standard InChI is InChI=1S/C11H13F5O4/c1-3-4-18-6-8-5-9(12,13)10(20-8,11(14,15)16)19-7(2)17/h3,8H,1,4-6H2,2H3. The SMILES string of the molecule is C=CCOCC1CC(F)(F)C(OC(C)=O)(C(F)(F)F)O1. The van der Waals surface area contributed by atoms with Gasteiger partial charge in [0.05, 0.1) is 19.3 Å². The molecule has 9 heteroatoms. The lowest BCUT2D eigenvalue weighted by Gasteiger charge is -2.34. The molecule has 0 aromatic carbocycles. The van der Waals surface area contributed by atoms with Gasteiger partial charge in [0.25, 0.3) is 0 Å². The summed E-state index contributed by atoms with van der Waals surface area (Å²) in [4.78, 5) is 10.7. The lowest BCUT2D eigenvalue weighted by Crippen LogP contribution is -2.59. The molecule has 2 unspecified atom stereocenters. The van der Waals surface area contributed by atoms with E-state index >= 15 is 0 Å². The molecule has 0 saturated carbocycles. The quantitative estimate of drug-likeness (QED) is 0.339. The fourth-order valence-corrected chi connectivity index (χ4v) is 1.79. The van der Waals surface area contributed by atoms with Crippen LogP contribution in [0.4, 0.5) is 22.0 Å². The van der Waals surface area contributed by atoms with Gasteiger partial charge in [-0.1, -0.05) is 6.08 Å². The third kappa shape index (κ3) is 3.09. The van der Waals surface area contributed by atoms with Crippen molar-refractivity contribution in [2.75, 3.05) is 13.2 Å². The number of carbonyl (C=O) groups is 1. The minimum absolute atomic E-state index is 0.0297. The Bertz CT molecular complexity index is 381. The number of hydrogen-bond acceptors (Lipinski definition) is 4. The van der Waals surface area contributed by atoms with Crippen molar-refractivity contribution in [2.45, 2.75) is 37.3 Å². The van der Waals surface area contributed by atoms with Crippen molar-refractivity contribution in [1.29, 1.82) is 0 Å². The summed E-state index contributed by atoms with van der Waals surface area (Å²) in [6, 6.07) is 0. The molecule has 0 aromatic rings. The normalized spacial score (nSPS) is 29.2. The lowest BCUT2D eigenvalue weighted by molar-refractivity contribution is -0.407. The van der Waals surface area contributed by atoms with Crippen molar-refractivity contribution < 1.29 is 41.0 Å². The molecular weight excluding hydrogens is 291 g/mol. The predicted octanol–water partition coefficient (Wildman–Crippen LogP) is 2.43. The van der Waals surface area contributed by atoms with Crippen molar-refractivity contribution in [3.05, 3.63) is 12.7 Å². The first kappa shape index (κ1) is 16.8. The molecular formula is C11H13F5O4. The number of ether oxygens (including phenoxy) is 3. The summed E-state index contributed by atoms with van der Waals surface area (Å²) < 4.78 is 78.9. The zero-order valence-electron chi connectivity index (χ0n) is 10.5. The highest BCUT2D eigenvalue weighted by Crippen LogP contribution is 2.53. The molecule has 20 heavy (non-hydrogen) atoms. The highest BCUT2D eigenvalue weighted by Gasteiger charge is 2.79. The first-order valence-corrected chi connectivity index (χ1v) is 5.56.